The van der Waals surface area contributed by atoms with Crippen molar-refractivity contribution in [2.45, 2.75) is 13.1 Å². The van der Waals surface area contributed by atoms with Crippen LogP contribution < -0.4 is 10.1 Å². The molecule has 1 amide bonds. The summed E-state index contributed by atoms with van der Waals surface area (Å²) >= 11 is 6.05. The van der Waals surface area contributed by atoms with E-state index in [9.17, 15) is 22.4 Å². The molecule has 0 aliphatic rings. The van der Waals surface area contributed by atoms with Gasteiger partial charge in [-0.1, -0.05) is 11.6 Å². The zero-order chi connectivity index (χ0) is 23.9. The lowest BCUT2D eigenvalue weighted by atomic mass is 10.1. The van der Waals surface area contributed by atoms with Crippen molar-refractivity contribution in [3.63, 3.8) is 0 Å². The summed E-state index contributed by atoms with van der Waals surface area (Å²) in [5.41, 5.74) is -0.192. The Kier molecular flexibility index (Phi) is 5.66. The van der Waals surface area contributed by atoms with E-state index in [1.807, 2.05) is 0 Å². The zero-order valence-electron chi connectivity index (χ0n) is 17.0. The van der Waals surface area contributed by atoms with Gasteiger partial charge in [0, 0.05) is 16.7 Å². The summed E-state index contributed by atoms with van der Waals surface area (Å²) in [6.45, 7) is 1.71. The number of aromatic nitrogens is 4. The molecule has 0 spiro atoms. The first-order chi connectivity index (χ1) is 15.6. The van der Waals surface area contributed by atoms with Gasteiger partial charge in [0.2, 0.25) is 5.82 Å². The predicted molar refractivity (Wildman–Crippen MR) is 112 cm³/mol. The van der Waals surface area contributed by atoms with Crippen molar-refractivity contribution in [2.24, 2.45) is 0 Å². The van der Waals surface area contributed by atoms with Crippen LogP contribution in [0.3, 0.4) is 0 Å². The number of halogens is 5. The van der Waals surface area contributed by atoms with Crippen LogP contribution in [0.5, 0.6) is 5.75 Å². The van der Waals surface area contributed by atoms with Gasteiger partial charge in [0.05, 0.1) is 18.5 Å². The number of methoxy groups -OCH3 is 1. The van der Waals surface area contributed by atoms with E-state index in [2.05, 4.69) is 20.4 Å². The number of alkyl halides is 3. The monoisotopic (exact) mass is 479 g/mol. The van der Waals surface area contributed by atoms with Crippen molar-refractivity contribution in [2.75, 3.05) is 12.4 Å². The van der Waals surface area contributed by atoms with Crippen LogP contribution in [0.2, 0.25) is 5.02 Å². The van der Waals surface area contributed by atoms with E-state index >= 15 is 0 Å². The van der Waals surface area contributed by atoms with E-state index in [0.717, 1.165) is 18.2 Å². The van der Waals surface area contributed by atoms with Gasteiger partial charge in [-0.15, -0.1) is 5.10 Å². The van der Waals surface area contributed by atoms with Crippen molar-refractivity contribution < 1.29 is 27.1 Å². The van der Waals surface area contributed by atoms with E-state index in [4.69, 9.17) is 16.3 Å². The third kappa shape index (κ3) is 4.44. The van der Waals surface area contributed by atoms with Gasteiger partial charge in [-0.25, -0.2) is 9.37 Å². The average molecular weight is 480 g/mol. The lowest BCUT2D eigenvalue weighted by molar-refractivity contribution is -0.142. The molecule has 0 radical (unpaired) electrons. The van der Waals surface area contributed by atoms with E-state index < -0.39 is 35.2 Å². The minimum atomic E-state index is -4.83. The summed E-state index contributed by atoms with van der Waals surface area (Å²) in [5, 5.41) is 6.62. The smallest absolute Gasteiger partial charge is 0.433 e. The molecule has 2 aromatic heterocycles. The number of ether oxygens (including phenoxy) is 1. The lowest BCUT2D eigenvalue weighted by Gasteiger charge is -2.11. The maximum Gasteiger partial charge on any atom is 0.433 e. The molecule has 0 aliphatic carbocycles. The molecule has 2 heterocycles. The fourth-order valence-corrected chi connectivity index (χ4v) is 3.20. The summed E-state index contributed by atoms with van der Waals surface area (Å²) in [7, 11) is 1.37. The number of nitrogens with one attached hydrogen (secondary N) is 1. The molecule has 12 heteroatoms. The predicted octanol–water partition coefficient (Wildman–Crippen LogP) is 5.17. The van der Waals surface area contributed by atoms with Crippen molar-refractivity contribution in [1.29, 1.82) is 0 Å². The second-order valence-corrected chi connectivity index (χ2v) is 7.34. The topological polar surface area (TPSA) is 81.4 Å². The highest BCUT2D eigenvalue weighted by Crippen LogP contribution is 2.33. The highest BCUT2D eigenvalue weighted by Gasteiger charge is 2.36. The number of hydrogen-bond acceptors (Lipinski definition) is 5. The second-order valence-electron chi connectivity index (χ2n) is 6.93. The molecule has 0 fully saturated rings. The molecule has 7 nitrogen and oxygen atoms in total. The Labute approximate surface area is 189 Å². The molecule has 0 saturated carbocycles. The average Bonchev–Trinajstić information content (AvgIpc) is 3.19. The number of amides is 1. The molecule has 33 heavy (non-hydrogen) atoms. The first-order valence-electron chi connectivity index (χ1n) is 9.33. The molecule has 0 bridgehead atoms. The quantitative estimate of drug-likeness (QED) is 0.408. The van der Waals surface area contributed by atoms with Crippen LogP contribution in [0.25, 0.3) is 17.0 Å². The molecular weight excluding hydrogens is 466 g/mol. The maximum atomic E-state index is 13.7. The van der Waals surface area contributed by atoms with Gasteiger partial charge in [0.15, 0.2) is 5.69 Å². The van der Waals surface area contributed by atoms with Crippen LogP contribution in [0, 0.1) is 12.7 Å². The Morgan fingerprint density at radius 2 is 1.82 bits per heavy atom. The van der Waals surface area contributed by atoms with Crippen LogP contribution in [0.1, 0.15) is 21.9 Å². The van der Waals surface area contributed by atoms with Crippen molar-refractivity contribution in [1.82, 2.24) is 19.6 Å². The summed E-state index contributed by atoms with van der Waals surface area (Å²) in [6.07, 6.45) is -4.83. The Morgan fingerprint density at radius 3 is 2.45 bits per heavy atom. The molecule has 0 saturated heterocycles. The number of carbonyl (C=O) groups is 1. The Balaban J connectivity index is 1.78. The van der Waals surface area contributed by atoms with Crippen molar-refractivity contribution >= 4 is 29.0 Å². The Bertz CT molecular complexity index is 1370. The standard InChI is InChI=1S/C21H14ClF4N5O2/c1-10-7-15(16(33-2)8-13(10)22)27-19(32)18-29-20-28-14(11-3-5-12(23)6-4-11)9-17(21(24,25)26)31(20)30-18/h3-9H,1-2H3,(H,27,32). The van der Waals surface area contributed by atoms with Gasteiger partial charge in [0.1, 0.15) is 11.6 Å². The van der Waals surface area contributed by atoms with Crippen LogP contribution in [0.15, 0.2) is 42.5 Å². The number of carbonyl (C=O) groups excluding carboxylic acids is 1. The van der Waals surface area contributed by atoms with E-state index in [1.165, 1.54) is 25.3 Å². The highest BCUT2D eigenvalue weighted by atomic mass is 35.5. The van der Waals surface area contributed by atoms with Crippen molar-refractivity contribution in [3.05, 3.63) is 70.4 Å². The number of benzene rings is 2. The van der Waals surface area contributed by atoms with Crippen molar-refractivity contribution in [3.8, 4) is 17.0 Å². The fraction of sp³-hybridized carbons (Fsp3) is 0.143. The number of rotatable bonds is 4. The molecule has 170 valence electrons. The largest absolute Gasteiger partial charge is 0.495 e. The van der Waals surface area contributed by atoms with Gasteiger partial charge in [-0.3, -0.25) is 4.79 Å². The maximum absolute atomic E-state index is 13.7. The first-order valence-corrected chi connectivity index (χ1v) is 9.71. The summed E-state index contributed by atoms with van der Waals surface area (Å²) in [5.74, 6) is -2.18. The number of fused-ring (bicyclic) bond motifs is 1. The van der Waals surface area contributed by atoms with E-state index in [1.54, 1.807) is 13.0 Å². The van der Waals surface area contributed by atoms with E-state index in [0.29, 0.717) is 15.1 Å². The summed E-state index contributed by atoms with van der Waals surface area (Å²) in [6, 6.07) is 8.54. The summed E-state index contributed by atoms with van der Waals surface area (Å²) in [4.78, 5) is 20.6. The molecule has 1 N–H and O–H groups in total. The zero-order valence-corrected chi connectivity index (χ0v) is 17.8. The molecule has 0 atom stereocenters. The fourth-order valence-electron chi connectivity index (χ4n) is 3.04. The van der Waals surface area contributed by atoms with E-state index in [-0.39, 0.29) is 22.7 Å². The lowest BCUT2D eigenvalue weighted by Crippen LogP contribution is -2.16. The van der Waals surface area contributed by atoms with Crippen LogP contribution in [0.4, 0.5) is 23.2 Å². The molecule has 2 aromatic carbocycles. The van der Waals surface area contributed by atoms with Gasteiger partial charge in [-0.05, 0) is 48.9 Å². The number of anilines is 1. The Hall–Kier alpha value is -3.73. The SMILES string of the molecule is COc1cc(Cl)c(C)cc1NC(=O)c1nc2nc(-c3ccc(F)cc3)cc(C(F)(F)F)n2n1. The molecule has 0 aliphatic heterocycles. The van der Waals surface area contributed by atoms with Crippen LogP contribution in [-0.4, -0.2) is 32.6 Å². The summed E-state index contributed by atoms with van der Waals surface area (Å²) < 4.78 is 60.0. The van der Waals surface area contributed by atoms with Crippen LogP contribution >= 0.6 is 11.6 Å². The number of hydrogen-bond donors (Lipinski definition) is 1. The van der Waals surface area contributed by atoms with Gasteiger partial charge >= 0.3 is 6.18 Å². The van der Waals surface area contributed by atoms with Gasteiger partial charge < -0.3 is 10.1 Å². The molecule has 0 unspecified atom stereocenters. The Morgan fingerprint density at radius 1 is 1.12 bits per heavy atom. The second kappa shape index (κ2) is 8.32. The third-order valence-corrected chi connectivity index (χ3v) is 5.08. The van der Waals surface area contributed by atoms with Gasteiger partial charge in [-0.2, -0.15) is 22.7 Å². The molecular formula is C21H14ClF4N5O2. The van der Waals surface area contributed by atoms with Crippen LogP contribution in [-0.2, 0) is 6.18 Å². The molecule has 4 aromatic rings. The minimum Gasteiger partial charge on any atom is -0.495 e. The number of nitrogens with zero attached hydrogens (tertiary/aromatic N) is 4. The molecule has 4 rings (SSSR count). The highest BCUT2D eigenvalue weighted by molar-refractivity contribution is 6.31. The normalized spacial score (nSPS) is 11.6. The number of aryl methyl sites for hydroxylation is 1. The minimum absolute atomic E-state index is 0.107. The first kappa shape index (κ1) is 22.5. The van der Waals surface area contributed by atoms with Gasteiger partial charge in [0.25, 0.3) is 11.7 Å². The third-order valence-electron chi connectivity index (χ3n) is 4.67.